The zero-order valence-corrected chi connectivity index (χ0v) is 11.2. The van der Waals surface area contributed by atoms with Gasteiger partial charge in [-0.25, -0.2) is 4.79 Å². The summed E-state index contributed by atoms with van der Waals surface area (Å²) >= 11 is 5.93. The highest BCUT2D eigenvalue weighted by atomic mass is 35.5. The van der Waals surface area contributed by atoms with E-state index < -0.39 is 6.09 Å². The molecule has 0 saturated carbocycles. The van der Waals surface area contributed by atoms with E-state index in [4.69, 9.17) is 16.3 Å². The van der Waals surface area contributed by atoms with E-state index in [-0.39, 0.29) is 6.61 Å². The van der Waals surface area contributed by atoms with Crippen molar-refractivity contribution in [3.05, 3.63) is 65.3 Å². The smallest absolute Gasteiger partial charge is 0.435 e. The molecular formula is C15H11ClN2O2. The minimum Gasteiger partial charge on any atom is -0.443 e. The van der Waals surface area contributed by atoms with Gasteiger partial charge in [0.1, 0.15) is 6.61 Å². The van der Waals surface area contributed by atoms with Crippen LogP contribution in [0.4, 0.5) is 4.79 Å². The second kappa shape index (κ2) is 5.35. The molecule has 0 bridgehead atoms. The van der Waals surface area contributed by atoms with Gasteiger partial charge in [0.05, 0.1) is 11.7 Å². The molecule has 0 amide bonds. The van der Waals surface area contributed by atoms with Crippen molar-refractivity contribution in [3.63, 3.8) is 0 Å². The lowest BCUT2D eigenvalue weighted by Gasteiger charge is -2.05. The van der Waals surface area contributed by atoms with Crippen molar-refractivity contribution in [2.45, 2.75) is 6.61 Å². The van der Waals surface area contributed by atoms with Crippen molar-refractivity contribution in [3.8, 4) is 0 Å². The average molecular weight is 287 g/mol. The standard InChI is InChI=1S/C15H11ClN2O2/c16-13-7-6-12-9-17-18(14(12)8-13)15(19)20-10-11-4-2-1-3-5-11/h1-9H,10H2. The molecule has 0 saturated heterocycles. The van der Waals surface area contributed by atoms with Crippen LogP contribution in [0.15, 0.2) is 54.7 Å². The number of hydrogen-bond donors (Lipinski definition) is 0. The molecule has 0 spiro atoms. The summed E-state index contributed by atoms with van der Waals surface area (Å²) in [7, 11) is 0. The van der Waals surface area contributed by atoms with Gasteiger partial charge in [0.25, 0.3) is 0 Å². The van der Waals surface area contributed by atoms with Gasteiger partial charge in [0.2, 0.25) is 0 Å². The van der Waals surface area contributed by atoms with Crippen LogP contribution >= 0.6 is 11.6 Å². The first-order valence-corrected chi connectivity index (χ1v) is 6.46. The largest absolute Gasteiger partial charge is 0.443 e. The summed E-state index contributed by atoms with van der Waals surface area (Å²) in [5, 5.41) is 5.42. The SMILES string of the molecule is O=C(OCc1ccccc1)n1ncc2ccc(Cl)cc21. The summed E-state index contributed by atoms with van der Waals surface area (Å²) in [6.45, 7) is 0.210. The Kier molecular flexibility index (Phi) is 3.39. The van der Waals surface area contributed by atoms with Gasteiger partial charge in [0, 0.05) is 10.4 Å². The first-order valence-electron chi connectivity index (χ1n) is 6.08. The molecule has 5 heteroatoms. The molecule has 4 nitrogen and oxygen atoms in total. The first kappa shape index (κ1) is 12.7. The number of carbonyl (C=O) groups is 1. The molecule has 0 atom stereocenters. The van der Waals surface area contributed by atoms with Crippen LogP contribution in [0.25, 0.3) is 10.9 Å². The lowest BCUT2D eigenvalue weighted by Crippen LogP contribution is -2.14. The van der Waals surface area contributed by atoms with Crippen LogP contribution in [0, 0.1) is 0 Å². The normalized spacial score (nSPS) is 10.7. The van der Waals surface area contributed by atoms with Gasteiger partial charge in [-0.2, -0.15) is 9.78 Å². The highest BCUT2D eigenvalue weighted by molar-refractivity contribution is 6.31. The molecule has 0 aliphatic heterocycles. The molecule has 0 aliphatic rings. The molecule has 100 valence electrons. The van der Waals surface area contributed by atoms with Crippen LogP contribution in [0.3, 0.4) is 0 Å². The van der Waals surface area contributed by atoms with Crippen LogP contribution in [-0.2, 0) is 11.3 Å². The predicted molar refractivity (Wildman–Crippen MR) is 76.8 cm³/mol. The first-order chi connectivity index (χ1) is 9.74. The van der Waals surface area contributed by atoms with E-state index in [0.29, 0.717) is 10.5 Å². The minimum absolute atomic E-state index is 0.210. The summed E-state index contributed by atoms with van der Waals surface area (Å²) in [4.78, 5) is 12.0. The molecule has 1 heterocycles. The summed E-state index contributed by atoms with van der Waals surface area (Å²) in [6.07, 6.45) is 1.08. The van der Waals surface area contributed by atoms with Gasteiger partial charge < -0.3 is 4.74 Å². The Balaban J connectivity index is 1.80. The predicted octanol–water partition coefficient (Wildman–Crippen LogP) is 3.87. The second-order valence-electron chi connectivity index (χ2n) is 4.30. The molecule has 1 aromatic heterocycles. The maximum atomic E-state index is 12.0. The van der Waals surface area contributed by atoms with E-state index in [1.54, 1.807) is 18.3 Å². The fourth-order valence-electron chi connectivity index (χ4n) is 1.92. The van der Waals surface area contributed by atoms with Gasteiger partial charge in [-0.05, 0) is 23.8 Å². The molecule has 0 N–H and O–H groups in total. The maximum Gasteiger partial charge on any atom is 0.435 e. The molecule has 0 fully saturated rings. The number of fused-ring (bicyclic) bond motifs is 1. The Morgan fingerprint density at radius 3 is 2.80 bits per heavy atom. The van der Waals surface area contributed by atoms with Crippen LogP contribution in [-0.4, -0.2) is 15.9 Å². The van der Waals surface area contributed by atoms with Crippen molar-refractivity contribution in [2.75, 3.05) is 0 Å². The zero-order chi connectivity index (χ0) is 13.9. The number of hydrogen-bond acceptors (Lipinski definition) is 3. The second-order valence-corrected chi connectivity index (χ2v) is 4.74. The summed E-state index contributed by atoms with van der Waals surface area (Å²) in [5.41, 5.74) is 1.56. The zero-order valence-electron chi connectivity index (χ0n) is 10.5. The van der Waals surface area contributed by atoms with E-state index in [9.17, 15) is 4.79 Å². The molecular weight excluding hydrogens is 276 g/mol. The highest BCUT2D eigenvalue weighted by Crippen LogP contribution is 2.19. The Hall–Kier alpha value is -2.33. The third kappa shape index (κ3) is 2.51. The number of ether oxygens (including phenoxy) is 1. The quantitative estimate of drug-likeness (QED) is 0.718. The van der Waals surface area contributed by atoms with E-state index in [1.165, 1.54) is 4.68 Å². The van der Waals surface area contributed by atoms with Gasteiger partial charge in [-0.15, -0.1) is 0 Å². The van der Waals surface area contributed by atoms with Gasteiger partial charge >= 0.3 is 6.09 Å². The summed E-state index contributed by atoms with van der Waals surface area (Å²) < 4.78 is 6.45. The minimum atomic E-state index is -0.522. The van der Waals surface area contributed by atoms with Gasteiger partial charge in [0.15, 0.2) is 0 Å². The topological polar surface area (TPSA) is 44.1 Å². The molecule has 0 unspecified atom stereocenters. The van der Waals surface area contributed by atoms with E-state index in [1.807, 2.05) is 36.4 Å². The molecule has 3 aromatic rings. The number of nitrogens with zero attached hydrogens (tertiary/aromatic N) is 2. The lowest BCUT2D eigenvalue weighted by atomic mass is 10.2. The van der Waals surface area contributed by atoms with Crippen molar-refractivity contribution in [1.29, 1.82) is 0 Å². The van der Waals surface area contributed by atoms with Crippen LogP contribution in [0.5, 0.6) is 0 Å². The molecule has 0 radical (unpaired) electrons. The fraction of sp³-hybridized carbons (Fsp3) is 0.0667. The average Bonchev–Trinajstić information content (AvgIpc) is 2.89. The number of benzene rings is 2. The van der Waals surface area contributed by atoms with E-state index >= 15 is 0 Å². The molecule has 2 aromatic carbocycles. The summed E-state index contributed by atoms with van der Waals surface area (Å²) in [5.74, 6) is 0. The highest BCUT2D eigenvalue weighted by Gasteiger charge is 2.12. The Morgan fingerprint density at radius 1 is 1.20 bits per heavy atom. The van der Waals surface area contributed by atoms with Crippen molar-refractivity contribution >= 4 is 28.6 Å². The number of halogens is 1. The van der Waals surface area contributed by atoms with Crippen molar-refractivity contribution in [1.82, 2.24) is 9.78 Å². The molecule has 0 aliphatic carbocycles. The Bertz CT molecular complexity index is 753. The third-order valence-corrected chi connectivity index (χ3v) is 3.15. The van der Waals surface area contributed by atoms with Crippen molar-refractivity contribution in [2.24, 2.45) is 0 Å². The maximum absolute atomic E-state index is 12.0. The van der Waals surface area contributed by atoms with Crippen LogP contribution < -0.4 is 0 Å². The van der Waals surface area contributed by atoms with Crippen LogP contribution in [0.2, 0.25) is 5.02 Å². The Labute approximate surface area is 120 Å². The molecule has 20 heavy (non-hydrogen) atoms. The van der Waals surface area contributed by atoms with Gasteiger partial charge in [-0.3, -0.25) is 0 Å². The van der Waals surface area contributed by atoms with E-state index in [0.717, 1.165) is 10.9 Å². The third-order valence-electron chi connectivity index (χ3n) is 2.91. The fourth-order valence-corrected chi connectivity index (χ4v) is 2.08. The Morgan fingerprint density at radius 2 is 2.00 bits per heavy atom. The lowest BCUT2D eigenvalue weighted by molar-refractivity contribution is 0.139. The van der Waals surface area contributed by atoms with Crippen LogP contribution in [0.1, 0.15) is 5.56 Å². The monoisotopic (exact) mass is 286 g/mol. The van der Waals surface area contributed by atoms with Gasteiger partial charge in [-0.1, -0.05) is 41.9 Å². The van der Waals surface area contributed by atoms with Crippen molar-refractivity contribution < 1.29 is 9.53 Å². The van der Waals surface area contributed by atoms with E-state index in [2.05, 4.69) is 5.10 Å². The molecule has 3 rings (SSSR count). The number of carbonyl (C=O) groups excluding carboxylic acids is 1. The number of rotatable bonds is 2. The summed E-state index contributed by atoms with van der Waals surface area (Å²) in [6, 6.07) is 14.7. The number of aromatic nitrogens is 2.